The number of imidazole rings is 3. The number of hydrogen-bond donors (Lipinski definition) is 4. The number of aromatic amines is 2. The van der Waals surface area contributed by atoms with Crippen LogP contribution in [0.25, 0.3) is 33.4 Å². The van der Waals surface area contributed by atoms with Crippen molar-refractivity contribution in [2.45, 2.75) is 202 Å². The van der Waals surface area contributed by atoms with Gasteiger partial charge in [-0.05, 0) is 164 Å². The zero-order valence-corrected chi connectivity index (χ0v) is 57.2. The van der Waals surface area contributed by atoms with E-state index >= 15 is 0 Å². The van der Waals surface area contributed by atoms with E-state index in [1.807, 2.05) is 105 Å². The summed E-state index contributed by atoms with van der Waals surface area (Å²) in [5, 5.41) is 10.7. The lowest BCUT2D eigenvalue weighted by Crippen LogP contribution is -2.33. The Morgan fingerprint density at radius 1 is 0.538 bits per heavy atom. The Hall–Kier alpha value is -9.82. The molecule has 1 amide bonds. The SMILES string of the molecule is C=C1N=C(C)C(C)=CN1C(C)C.C=C1NC(=O)c2ncn(C(C)C)c2N1.CC(=O)c1ncn(C(C)C)n1.Cc1cn(C(C)C)c(=O)[nH]c1=O.Cc1nc(C)c2ccn(C(C)C)c2n1.Cc1nc(C)c2ncn(C(C)C)c2n1.Cc1nc2c(ncn2C(C)C)c(=O)[nH]1. The second-order valence-electron chi connectivity index (χ2n) is 24.0. The molecule has 0 radical (unpaired) electrons. The second-order valence-corrected chi connectivity index (χ2v) is 24.0. The number of carbonyl (C=O) groups excluding carboxylic acids is 2. The quantitative estimate of drug-likeness (QED) is 0.103. The van der Waals surface area contributed by atoms with Gasteiger partial charge in [-0.1, -0.05) is 13.2 Å². The third kappa shape index (κ3) is 18.4. The van der Waals surface area contributed by atoms with Crippen molar-refractivity contribution in [1.29, 1.82) is 0 Å². The van der Waals surface area contributed by atoms with Gasteiger partial charge in [0.1, 0.15) is 52.4 Å². The number of Topliss-reactive ketones (excluding diaryl/α,β-unsaturated/α-hetero) is 1. The maximum absolute atomic E-state index is 11.5. The van der Waals surface area contributed by atoms with Gasteiger partial charge in [0.05, 0.1) is 30.4 Å². The highest BCUT2D eigenvalue weighted by molar-refractivity contribution is 6.00. The molecular formula is C64H92N22O5. The minimum atomic E-state index is -0.347. The molecule has 0 fully saturated rings. The number of amides is 1. The van der Waals surface area contributed by atoms with E-state index in [4.69, 9.17) is 0 Å². The maximum Gasteiger partial charge on any atom is 0.328 e. The molecule has 9 aromatic rings. The molecule has 4 N–H and O–H groups in total. The predicted octanol–water partition coefficient (Wildman–Crippen LogP) is 10.8. The Labute approximate surface area is 531 Å². The van der Waals surface area contributed by atoms with Crippen LogP contribution in [0.15, 0.2) is 99.7 Å². The highest BCUT2D eigenvalue weighted by atomic mass is 16.2. The zero-order valence-electron chi connectivity index (χ0n) is 57.2. The zero-order chi connectivity index (χ0) is 68.2. The summed E-state index contributed by atoms with van der Waals surface area (Å²) in [7, 11) is 0. The van der Waals surface area contributed by atoms with E-state index in [2.05, 4.69) is 170 Å². The normalized spacial score (nSPS) is 12.7. The number of H-pyrrole nitrogens is 2. The lowest BCUT2D eigenvalue weighted by Gasteiger charge is -2.28. The summed E-state index contributed by atoms with van der Waals surface area (Å²) >= 11 is 0. The average molecular weight is 1250 g/mol. The van der Waals surface area contributed by atoms with Gasteiger partial charge >= 0.3 is 5.69 Å². The van der Waals surface area contributed by atoms with Gasteiger partial charge in [-0.15, -0.1) is 5.10 Å². The van der Waals surface area contributed by atoms with Crippen molar-refractivity contribution in [3.63, 3.8) is 0 Å². The summed E-state index contributed by atoms with van der Waals surface area (Å²) < 4.78 is 11.2. The van der Waals surface area contributed by atoms with Crippen LogP contribution in [0.3, 0.4) is 0 Å². The maximum atomic E-state index is 11.5. The topological polar surface area (TPSA) is 315 Å². The number of aliphatic imine (C=N–C) groups is 1. The monoisotopic (exact) mass is 1250 g/mol. The van der Waals surface area contributed by atoms with Crippen molar-refractivity contribution in [3.8, 4) is 0 Å². The lowest BCUT2D eigenvalue weighted by atomic mass is 10.2. The van der Waals surface area contributed by atoms with Gasteiger partial charge in [0.15, 0.2) is 28.3 Å². The number of carbonyl (C=O) groups is 2. The molecule has 0 saturated carbocycles. The summed E-state index contributed by atoms with van der Waals surface area (Å²) in [6, 6.07) is 4.21. The lowest BCUT2D eigenvalue weighted by molar-refractivity contribution is 0.0957. The summed E-state index contributed by atoms with van der Waals surface area (Å²) in [5.41, 5.74) is 8.40. The van der Waals surface area contributed by atoms with Gasteiger partial charge in [-0.25, -0.2) is 59.3 Å². The number of aryl methyl sites for hydroxylation is 6. The van der Waals surface area contributed by atoms with Crippen LogP contribution in [0.5, 0.6) is 0 Å². The van der Waals surface area contributed by atoms with Crippen molar-refractivity contribution < 1.29 is 9.59 Å². The molecule has 11 heterocycles. The smallest absolute Gasteiger partial charge is 0.328 e. The number of nitrogens with zero attached hydrogens (tertiary/aromatic N) is 18. The van der Waals surface area contributed by atoms with Crippen LogP contribution in [0.1, 0.15) is 209 Å². The Morgan fingerprint density at radius 2 is 1.08 bits per heavy atom. The first kappa shape index (κ1) is 71.9. The molecule has 27 nitrogen and oxygen atoms in total. The Morgan fingerprint density at radius 3 is 1.60 bits per heavy atom. The van der Waals surface area contributed by atoms with Crippen LogP contribution in [-0.4, -0.2) is 116 Å². The number of ketones is 1. The molecule has 91 heavy (non-hydrogen) atoms. The van der Waals surface area contributed by atoms with Crippen LogP contribution in [0.4, 0.5) is 5.82 Å². The highest BCUT2D eigenvalue weighted by Gasteiger charge is 2.25. The van der Waals surface area contributed by atoms with Gasteiger partial charge < -0.3 is 38.8 Å². The van der Waals surface area contributed by atoms with Crippen LogP contribution in [0, 0.1) is 41.5 Å². The first-order chi connectivity index (χ1) is 42.5. The molecule has 0 unspecified atom stereocenters. The van der Waals surface area contributed by atoms with Crippen molar-refractivity contribution in [2.24, 2.45) is 4.99 Å². The fourth-order valence-corrected chi connectivity index (χ4v) is 8.95. The largest absolute Gasteiger partial charge is 0.331 e. The third-order valence-electron chi connectivity index (χ3n) is 14.0. The van der Waals surface area contributed by atoms with Crippen molar-refractivity contribution >= 4 is 56.6 Å². The first-order valence-corrected chi connectivity index (χ1v) is 30.3. The number of anilines is 1. The Balaban J connectivity index is 0.000000193. The van der Waals surface area contributed by atoms with E-state index in [0.29, 0.717) is 63.8 Å². The van der Waals surface area contributed by atoms with E-state index in [1.54, 1.807) is 43.7 Å². The van der Waals surface area contributed by atoms with Crippen molar-refractivity contribution in [3.05, 3.63) is 157 Å². The van der Waals surface area contributed by atoms with Crippen molar-refractivity contribution in [2.75, 3.05) is 5.32 Å². The van der Waals surface area contributed by atoms with Crippen molar-refractivity contribution in [1.82, 2.24) is 97.7 Å². The number of hydrogen-bond acceptors (Lipinski definition) is 18. The summed E-state index contributed by atoms with van der Waals surface area (Å²) in [5.74, 6) is 4.30. The molecule has 9 aromatic heterocycles. The van der Waals surface area contributed by atoms with Gasteiger partial charge in [0, 0.05) is 84.5 Å². The molecule has 0 aromatic carbocycles. The molecule has 0 saturated heterocycles. The van der Waals surface area contributed by atoms with Crippen LogP contribution < -0.4 is 27.4 Å². The van der Waals surface area contributed by atoms with Crippen LogP contribution >= 0.6 is 0 Å². The fourth-order valence-electron chi connectivity index (χ4n) is 8.95. The van der Waals surface area contributed by atoms with E-state index in [-0.39, 0.29) is 52.7 Å². The third-order valence-corrected chi connectivity index (χ3v) is 14.0. The molecule has 2 aliphatic rings. The van der Waals surface area contributed by atoms with E-state index in [1.165, 1.54) is 17.1 Å². The number of nitrogens with one attached hydrogen (secondary N) is 4. The molecule has 2 aliphatic heterocycles. The standard InChI is InChI=1S/C11H15N3.C10H14N4.C10H16N2.2C9H12N4O.C8H12N2O2.C7H11N3O/c1-7(2)14-6-5-10-8(3)12-9(4)13-11(10)14;1-6(2)14-5-11-9-7(3)12-8(4)13-10(9)14;1-7(2)12-6-8(3)9(4)11-10(12)5;2*1-5(2)13-4-10-7-8(13)11-6(3)12-9(7)14;1-5(2)10-4-6(3)7(11)9-8(10)12;1-5(2)10-4-8-7(9-10)6(3)11/h5-7H,1-4H3;5-6H,1-4H3;6-7H,5H2,1-4H3;4-5H,1-3H3,(H,11,12,14);4-5,11H,3H2,1-2H3,(H,12,14);4-5H,1-3H3,(H,9,11,12);4-5H,1-3H3. The minimum Gasteiger partial charge on any atom is -0.331 e. The molecule has 11 rings (SSSR count). The molecule has 0 aliphatic carbocycles. The number of fused-ring (bicyclic) bond motifs is 4. The molecule has 0 atom stereocenters. The molecule has 0 spiro atoms. The predicted molar refractivity (Wildman–Crippen MR) is 359 cm³/mol. The van der Waals surface area contributed by atoms with Gasteiger partial charge in [-0.3, -0.25) is 28.7 Å². The van der Waals surface area contributed by atoms with E-state index in [9.17, 15) is 24.0 Å². The van der Waals surface area contributed by atoms with E-state index in [0.717, 1.165) is 56.8 Å². The minimum absolute atomic E-state index is 0.0769. The van der Waals surface area contributed by atoms with E-state index < -0.39 is 0 Å². The van der Waals surface area contributed by atoms with Gasteiger partial charge in [-0.2, -0.15) is 0 Å². The Kier molecular flexibility index (Phi) is 24.6. The highest BCUT2D eigenvalue weighted by Crippen LogP contribution is 2.24. The number of allylic oxidation sites excluding steroid dienone is 1. The van der Waals surface area contributed by atoms with Gasteiger partial charge in [0.2, 0.25) is 5.82 Å². The molecular weight excluding hydrogens is 1160 g/mol. The Bertz CT molecular complexity index is 4210. The molecule has 0 bridgehead atoms. The summed E-state index contributed by atoms with van der Waals surface area (Å²) in [6.45, 7) is 53.0. The second kappa shape index (κ2) is 31.1. The first-order valence-electron chi connectivity index (χ1n) is 30.3. The van der Waals surface area contributed by atoms with Crippen LogP contribution in [0.2, 0.25) is 0 Å². The molecule has 27 heteroatoms. The summed E-state index contributed by atoms with van der Waals surface area (Å²) in [6.07, 6.45) is 12.5. The number of aromatic nitrogens is 18. The van der Waals surface area contributed by atoms with Gasteiger partial charge in [0.25, 0.3) is 17.0 Å². The average Bonchev–Trinajstić information content (AvgIpc) is 1.72. The number of rotatable bonds is 8. The molecule has 488 valence electrons. The fraction of sp³-hybridized carbons (Fsp3) is 0.469. The summed E-state index contributed by atoms with van der Waals surface area (Å²) in [4.78, 5) is 105. The van der Waals surface area contributed by atoms with Crippen LogP contribution in [-0.2, 0) is 0 Å².